The van der Waals surface area contributed by atoms with E-state index in [0.29, 0.717) is 12.1 Å². The Hall–Kier alpha value is -4.22. The molecule has 178 valence electrons. The van der Waals surface area contributed by atoms with Gasteiger partial charge in [0.25, 0.3) is 0 Å². The minimum absolute atomic E-state index is 0.0219. The Kier molecular flexibility index (Phi) is 6.70. The normalized spacial score (nSPS) is 11.6. The minimum atomic E-state index is -5.08. The first-order valence-electron chi connectivity index (χ1n) is 9.31. The van der Waals surface area contributed by atoms with Gasteiger partial charge in [0.2, 0.25) is 0 Å². The fourth-order valence-corrected chi connectivity index (χ4v) is 2.82. The second-order valence-electron chi connectivity index (χ2n) is 6.77. The molecular formula is C22H14F6N2O4. The number of hydrogen-bond donors (Lipinski definition) is 3. The molecule has 0 fully saturated rings. The van der Waals surface area contributed by atoms with Crippen LogP contribution in [0.2, 0.25) is 0 Å². The zero-order valence-corrected chi connectivity index (χ0v) is 16.8. The molecule has 6 nitrogen and oxygen atoms in total. The molecule has 0 heterocycles. The van der Waals surface area contributed by atoms with Crippen molar-refractivity contribution in [1.29, 1.82) is 0 Å². The maximum Gasteiger partial charge on any atom is 0.416 e. The summed E-state index contributed by atoms with van der Waals surface area (Å²) in [6, 6.07) is 10.8. The highest BCUT2D eigenvalue weighted by atomic mass is 19.4. The number of urea groups is 1. The molecule has 0 bridgehead atoms. The fraction of sp³-hybridized carbons (Fsp3) is 0.0909. The summed E-state index contributed by atoms with van der Waals surface area (Å²) < 4.78 is 83.7. The van der Waals surface area contributed by atoms with Crippen LogP contribution >= 0.6 is 0 Å². The van der Waals surface area contributed by atoms with E-state index < -0.39 is 41.2 Å². The van der Waals surface area contributed by atoms with Crippen LogP contribution in [0.25, 0.3) is 0 Å². The van der Waals surface area contributed by atoms with Crippen molar-refractivity contribution in [2.24, 2.45) is 0 Å². The van der Waals surface area contributed by atoms with Gasteiger partial charge in [-0.25, -0.2) is 9.59 Å². The molecule has 0 spiro atoms. The monoisotopic (exact) mass is 484 g/mol. The molecule has 0 atom stereocenters. The van der Waals surface area contributed by atoms with Gasteiger partial charge >= 0.3 is 24.4 Å². The molecule has 0 aliphatic carbocycles. The SMILES string of the molecule is O=C(Nc1cc(C(F)(F)F)cc(C(F)(F)F)c1)Nc1ccccc1Oc1ccccc1C(=O)O. The van der Waals surface area contributed by atoms with Gasteiger partial charge in [-0.2, -0.15) is 26.3 Å². The molecular weight excluding hydrogens is 470 g/mol. The Morgan fingerprint density at radius 3 is 1.82 bits per heavy atom. The third-order valence-electron chi connectivity index (χ3n) is 4.32. The largest absolute Gasteiger partial charge is 0.478 e. The quantitative estimate of drug-likeness (QED) is 0.346. The number of anilines is 2. The molecule has 3 aromatic rings. The zero-order chi connectivity index (χ0) is 25.1. The molecule has 0 saturated heterocycles. The van der Waals surface area contributed by atoms with Gasteiger partial charge in [0.15, 0.2) is 5.75 Å². The number of carbonyl (C=O) groups excluding carboxylic acids is 1. The second kappa shape index (κ2) is 9.33. The smallest absolute Gasteiger partial charge is 0.416 e. The first-order chi connectivity index (χ1) is 15.8. The van der Waals surface area contributed by atoms with Crippen molar-refractivity contribution in [3.8, 4) is 11.5 Å². The van der Waals surface area contributed by atoms with E-state index in [1.54, 1.807) is 0 Å². The topological polar surface area (TPSA) is 87.7 Å². The number of ether oxygens (including phenoxy) is 1. The lowest BCUT2D eigenvalue weighted by atomic mass is 10.1. The summed E-state index contributed by atoms with van der Waals surface area (Å²) >= 11 is 0. The fourth-order valence-electron chi connectivity index (χ4n) is 2.82. The van der Waals surface area contributed by atoms with Gasteiger partial charge in [0, 0.05) is 5.69 Å². The molecule has 3 rings (SSSR count). The maximum atomic E-state index is 13.0. The van der Waals surface area contributed by atoms with Crippen LogP contribution in [-0.4, -0.2) is 17.1 Å². The summed E-state index contributed by atoms with van der Waals surface area (Å²) in [5.74, 6) is -1.35. The van der Waals surface area contributed by atoms with Gasteiger partial charge in [-0.3, -0.25) is 0 Å². The van der Waals surface area contributed by atoms with Crippen LogP contribution in [0.4, 0.5) is 42.5 Å². The number of para-hydroxylation sites is 3. The number of carboxylic acids is 1. The Morgan fingerprint density at radius 1 is 0.735 bits per heavy atom. The highest BCUT2D eigenvalue weighted by Gasteiger charge is 2.37. The number of alkyl halides is 6. The average molecular weight is 484 g/mol. The molecule has 3 N–H and O–H groups in total. The van der Waals surface area contributed by atoms with Crippen LogP contribution in [-0.2, 0) is 12.4 Å². The van der Waals surface area contributed by atoms with E-state index in [4.69, 9.17) is 4.74 Å². The van der Waals surface area contributed by atoms with Crippen LogP contribution in [0.5, 0.6) is 11.5 Å². The Morgan fingerprint density at radius 2 is 1.26 bits per heavy atom. The number of nitrogens with one attached hydrogen (secondary N) is 2. The molecule has 0 aromatic heterocycles. The lowest BCUT2D eigenvalue weighted by Gasteiger charge is -2.16. The third-order valence-corrected chi connectivity index (χ3v) is 4.32. The van der Waals surface area contributed by atoms with Crippen LogP contribution in [0, 0.1) is 0 Å². The number of carboxylic acid groups (broad SMARTS) is 1. The molecule has 0 aliphatic rings. The maximum absolute atomic E-state index is 13.0. The van der Waals surface area contributed by atoms with Crippen molar-refractivity contribution in [3.05, 3.63) is 83.4 Å². The van der Waals surface area contributed by atoms with E-state index in [1.165, 1.54) is 48.5 Å². The Labute approximate surface area is 187 Å². The molecule has 2 amide bonds. The number of halogens is 6. The Bertz CT molecular complexity index is 1190. The molecule has 0 radical (unpaired) electrons. The van der Waals surface area contributed by atoms with Crippen molar-refractivity contribution in [2.75, 3.05) is 10.6 Å². The number of rotatable bonds is 5. The lowest BCUT2D eigenvalue weighted by molar-refractivity contribution is -0.143. The number of hydrogen-bond acceptors (Lipinski definition) is 3. The second-order valence-corrected chi connectivity index (χ2v) is 6.77. The van der Waals surface area contributed by atoms with E-state index in [0.717, 1.165) is 0 Å². The van der Waals surface area contributed by atoms with Crippen molar-refractivity contribution < 1.29 is 45.8 Å². The van der Waals surface area contributed by atoms with E-state index in [9.17, 15) is 41.0 Å². The van der Waals surface area contributed by atoms with Crippen molar-refractivity contribution >= 4 is 23.4 Å². The van der Waals surface area contributed by atoms with Crippen molar-refractivity contribution in [2.45, 2.75) is 12.4 Å². The first-order valence-corrected chi connectivity index (χ1v) is 9.31. The number of amides is 2. The van der Waals surface area contributed by atoms with E-state index >= 15 is 0 Å². The Balaban J connectivity index is 1.85. The third kappa shape index (κ3) is 5.97. The summed E-state index contributed by atoms with van der Waals surface area (Å²) in [7, 11) is 0. The van der Waals surface area contributed by atoms with Crippen LogP contribution in [0.3, 0.4) is 0 Å². The first kappa shape index (κ1) is 24.4. The minimum Gasteiger partial charge on any atom is -0.478 e. The molecule has 0 saturated carbocycles. The summed E-state index contributed by atoms with van der Waals surface area (Å²) in [6.07, 6.45) is -10.2. The van der Waals surface area contributed by atoms with E-state index in [2.05, 4.69) is 5.32 Å². The van der Waals surface area contributed by atoms with Gasteiger partial charge in [-0.1, -0.05) is 24.3 Å². The van der Waals surface area contributed by atoms with Gasteiger partial charge in [-0.15, -0.1) is 0 Å². The molecule has 3 aromatic carbocycles. The molecule has 0 unspecified atom stereocenters. The van der Waals surface area contributed by atoms with Gasteiger partial charge in [0.05, 0.1) is 16.8 Å². The van der Waals surface area contributed by atoms with E-state index in [1.807, 2.05) is 5.32 Å². The zero-order valence-electron chi connectivity index (χ0n) is 16.8. The summed E-state index contributed by atoms with van der Waals surface area (Å²) in [5, 5.41) is 13.5. The highest BCUT2D eigenvalue weighted by molar-refractivity contribution is 6.01. The van der Waals surface area contributed by atoms with Crippen LogP contribution in [0.15, 0.2) is 66.7 Å². The summed E-state index contributed by atoms with van der Waals surface area (Å²) in [5.41, 5.74) is -4.12. The number of benzene rings is 3. The molecule has 34 heavy (non-hydrogen) atoms. The van der Waals surface area contributed by atoms with Crippen molar-refractivity contribution in [3.63, 3.8) is 0 Å². The van der Waals surface area contributed by atoms with E-state index in [-0.39, 0.29) is 28.8 Å². The highest BCUT2D eigenvalue weighted by Crippen LogP contribution is 2.38. The summed E-state index contributed by atoms with van der Waals surface area (Å²) in [4.78, 5) is 23.7. The van der Waals surface area contributed by atoms with Gasteiger partial charge < -0.3 is 20.5 Å². The van der Waals surface area contributed by atoms with Gasteiger partial charge in [-0.05, 0) is 42.5 Å². The number of aromatic carboxylic acids is 1. The standard InChI is InChI=1S/C22H14F6N2O4/c23-21(24,25)12-9-13(22(26,27)28)11-14(10-12)29-20(33)30-16-6-2-4-8-18(16)34-17-7-3-1-5-15(17)19(31)32/h1-11H,(H,31,32)(H2,29,30,33). The van der Waals surface area contributed by atoms with Gasteiger partial charge in [0.1, 0.15) is 11.3 Å². The predicted molar refractivity (Wildman–Crippen MR) is 109 cm³/mol. The van der Waals surface area contributed by atoms with Crippen LogP contribution < -0.4 is 15.4 Å². The molecule has 0 aliphatic heterocycles. The lowest BCUT2D eigenvalue weighted by Crippen LogP contribution is -2.21. The molecule has 12 heteroatoms. The van der Waals surface area contributed by atoms with Crippen molar-refractivity contribution in [1.82, 2.24) is 0 Å². The van der Waals surface area contributed by atoms with Crippen LogP contribution in [0.1, 0.15) is 21.5 Å². The average Bonchev–Trinajstić information content (AvgIpc) is 2.74. The number of carbonyl (C=O) groups is 2. The summed E-state index contributed by atoms with van der Waals surface area (Å²) in [6.45, 7) is 0. The predicted octanol–water partition coefficient (Wildman–Crippen LogP) is 6.86.